The van der Waals surface area contributed by atoms with Crippen LogP contribution in [0.25, 0.3) is 55.8 Å². The normalized spacial score (nSPS) is 16.4. The van der Waals surface area contributed by atoms with Gasteiger partial charge < -0.3 is 9.47 Å². The molecule has 0 radical (unpaired) electrons. The molecule has 0 bridgehead atoms. The van der Waals surface area contributed by atoms with Gasteiger partial charge in [-0.3, -0.25) is 0 Å². The first-order chi connectivity index (χ1) is 24.8. The maximum absolute atomic E-state index is 5.12. The first-order valence-electron chi connectivity index (χ1n) is 17.0. The van der Waals surface area contributed by atoms with E-state index in [1.165, 1.54) is 38.5 Å². The highest BCUT2D eigenvalue weighted by Crippen LogP contribution is 2.49. The zero-order valence-corrected chi connectivity index (χ0v) is 27.1. The first kappa shape index (κ1) is 28.4. The quantitative estimate of drug-likeness (QED) is 0.188. The lowest BCUT2D eigenvalue weighted by Gasteiger charge is -2.28. The SMILES string of the molecule is C1=CC2C(C=C1c1ccc3c(c1)c1ccccc1n3-c1ccccc1)c1ccccc1N2c1nc(-c2ccccc2)nc(-c2ccccc2)n1. The van der Waals surface area contributed by atoms with E-state index >= 15 is 0 Å². The molecule has 2 atom stereocenters. The third kappa shape index (κ3) is 4.59. The van der Waals surface area contributed by atoms with Crippen molar-refractivity contribution in [3.8, 4) is 28.5 Å². The van der Waals surface area contributed by atoms with Gasteiger partial charge in [-0.25, -0.2) is 4.98 Å². The Hall–Kier alpha value is -6.59. The standard InChI is InChI=1S/C45H31N5/c1-4-14-30(15-5-1)43-46-44(31-16-6-2-7-17-31)48-45(47-43)50-40-23-13-11-21-36(40)38-29-33(25-27-42(38)50)32-24-26-41-37(28-32)35-20-10-12-22-39(35)49(41)34-18-8-3-9-19-34/h1-29,38,42H. The zero-order valence-electron chi connectivity index (χ0n) is 27.1. The van der Waals surface area contributed by atoms with Crippen LogP contribution < -0.4 is 4.90 Å². The zero-order chi connectivity index (χ0) is 33.0. The van der Waals surface area contributed by atoms with Crippen molar-refractivity contribution >= 4 is 39.0 Å². The summed E-state index contributed by atoms with van der Waals surface area (Å²) < 4.78 is 2.36. The molecule has 1 aliphatic carbocycles. The van der Waals surface area contributed by atoms with Gasteiger partial charge in [-0.15, -0.1) is 0 Å². The first-order valence-corrected chi connectivity index (χ1v) is 17.0. The highest BCUT2D eigenvalue weighted by atomic mass is 15.3. The Morgan fingerprint density at radius 2 is 1.12 bits per heavy atom. The minimum Gasteiger partial charge on any atom is -0.309 e. The molecule has 0 saturated carbocycles. The van der Waals surface area contributed by atoms with E-state index in [2.05, 4.69) is 149 Å². The monoisotopic (exact) mass is 641 g/mol. The highest BCUT2D eigenvalue weighted by Gasteiger charge is 2.40. The lowest BCUT2D eigenvalue weighted by molar-refractivity contribution is 0.730. The predicted molar refractivity (Wildman–Crippen MR) is 204 cm³/mol. The van der Waals surface area contributed by atoms with E-state index in [0.717, 1.165) is 22.5 Å². The van der Waals surface area contributed by atoms with Gasteiger partial charge in [-0.05, 0) is 53.1 Å². The average molecular weight is 642 g/mol. The van der Waals surface area contributed by atoms with Crippen LogP contribution in [0.4, 0.5) is 11.6 Å². The molecule has 0 fully saturated rings. The third-order valence-electron chi connectivity index (χ3n) is 9.98. The van der Waals surface area contributed by atoms with Crippen LogP contribution in [0.5, 0.6) is 0 Å². The molecule has 50 heavy (non-hydrogen) atoms. The van der Waals surface area contributed by atoms with Gasteiger partial charge in [-0.1, -0.05) is 140 Å². The summed E-state index contributed by atoms with van der Waals surface area (Å²) in [5, 5.41) is 2.50. The smallest absolute Gasteiger partial charge is 0.234 e. The summed E-state index contributed by atoms with van der Waals surface area (Å²) in [4.78, 5) is 17.5. The maximum Gasteiger partial charge on any atom is 0.234 e. The Morgan fingerprint density at radius 3 is 1.86 bits per heavy atom. The summed E-state index contributed by atoms with van der Waals surface area (Å²) in [6.45, 7) is 0. The van der Waals surface area contributed by atoms with Gasteiger partial charge in [0.2, 0.25) is 5.95 Å². The third-order valence-corrected chi connectivity index (χ3v) is 9.98. The lowest BCUT2D eigenvalue weighted by atomic mass is 9.86. The van der Waals surface area contributed by atoms with E-state index in [-0.39, 0.29) is 12.0 Å². The fraction of sp³-hybridized carbons (Fsp3) is 0.0444. The number of rotatable bonds is 5. The molecule has 0 saturated heterocycles. The van der Waals surface area contributed by atoms with E-state index in [1.54, 1.807) is 0 Å². The number of anilines is 2. The molecule has 236 valence electrons. The number of fused-ring (bicyclic) bond motifs is 6. The van der Waals surface area contributed by atoms with Crippen molar-refractivity contribution < 1.29 is 0 Å². The number of para-hydroxylation sites is 3. The molecule has 2 aliphatic rings. The number of nitrogens with zero attached hydrogens (tertiary/aromatic N) is 5. The molecular formula is C45H31N5. The van der Waals surface area contributed by atoms with Crippen LogP contribution in [-0.4, -0.2) is 25.6 Å². The van der Waals surface area contributed by atoms with Crippen molar-refractivity contribution in [3.05, 3.63) is 187 Å². The molecule has 6 aromatic carbocycles. The second-order valence-corrected chi connectivity index (χ2v) is 12.9. The number of allylic oxidation sites excluding steroid dienone is 2. The van der Waals surface area contributed by atoms with Crippen molar-refractivity contribution in [2.24, 2.45) is 0 Å². The largest absolute Gasteiger partial charge is 0.309 e. The molecule has 5 heteroatoms. The van der Waals surface area contributed by atoms with Gasteiger partial charge in [-0.2, -0.15) is 9.97 Å². The molecule has 3 heterocycles. The minimum absolute atomic E-state index is 0.0227. The minimum atomic E-state index is 0.0227. The van der Waals surface area contributed by atoms with Gasteiger partial charge in [0, 0.05) is 39.2 Å². The Balaban J connectivity index is 1.09. The summed E-state index contributed by atoms with van der Waals surface area (Å²) in [5.74, 6) is 2.10. The molecule has 2 unspecified atom stereocenters. The summed E-state index contributed by atoms with van der Waals surface area (Å²) in [5.41, 5.74) is 10.3. The van der Waals surface area contributed by atoms with Crippen LogP contribution in [0.15, 0.2) is 176 Å². The fourth-order valence-corrected chi connectivity index (χ4v) is 7.69. The molecule has 8 aromatic rings. The summed E-state index contributed by atoms with van der Waals surface area (Å²) in [6.07, 6.45) is 7.03. The summed E-state index contributed by atoms with van der Waals surface area (Å²) >= 11 is 0. The van der Waals surface area contributed by atoms with E-state index in [0.29, 0.717) is 17.6 Å². The van der Waals surface area contributed by atoms with Crippen molar-refractivity contribution in [1.29, 1.82) is 0 Å². The fourth-order valence-electron chi connectivity index (χ4n) is 7.69. The average Bonchev–Trinajstić information content (AvgIpc) is 3.71. The van der Waals surface area contributed by atoms with E-state index in [1.807, 2.05) is 36.4 Å². The van der Waals surface area contributed by atoms with Crippen LogP contribution in [0.3, 0.4) is 0 Å². The molecule has 0 amide bonds. The molecule has 0 N–H and O–H groups in total. The molecule has 2 aromatic heterocycles. The number of hydrogen-bond acceptors (Lipinski definition) is 4. The van der Waals surface area contributed by atoms with Crippen LogP contribution in [-0.2, 0) is 0 Å². The Morgan fingerprint density at radius 1 is 0.500 bits per heavy atom. The number of aromatic nitrogens is 4. The number of benzene rings is 6. The van der Waals surface area contributed by atoms with Crippen LogP contribution in [0.1, 0.15) is 17.0 Å². The van der Waals surface area contributed by atoms with Gasteiger partial charge >= 0.3 is 0 Å². The van der Waals surface area contributed by atoms with E-state index < -0.39 is 0 Å². The van der Waals surface area contributed by atoms with Gasteiger partial charge in [0.25, 0.3) is 0 Å². The van der Waals surface area contributed by atoms with Crippen molar-refractivity contribution in [2.45, 2.75) is 12.0 Å². The Kier molecular flexibility index (Phi) is 6.56. The predicted octanol–water partition coefficient (Wildman–Crippen LogP) is 10.6. The lowest BCUT2D eigenvalue weighted by Crippen LogP contribution is -2.30. The molecule has 0 spiro atoms. The summed E-state index contributed by atoms with van der Waals surface area (Å²) in [6, 6.07) is 55.2. The van der Waals surface area contributed by atoms with Crippen LogP contribution in [0.2, 0.25) is 0 Å². The second kappa shape index (κ2) is 11.5. The van der Waals surface area contributed by atoms with Gasteiger partial charge in [0.05, 0.1) is 17.1 Å². The van der Waals surface area contributed by atoms with Gasteiger partial charge in [0.15, 0.2) is 11.6 Å². The van der Waals surface area contributed by atoms with E-state index in [9.17, 15) is 0 Å². The highest BCUT2D eigenvalue weighted by molar-refractivity contribution is 6.10. The number of hydrogen-bond donors (Lipinski definition) is 0. The Bertz CT molecular complexity index is 2550. The van der Waals surface area contributed by atoms with Crippen molar-refractivity contribution in [1.82, 2.24) is 19.5 Å². The van der Waals surface area contributed by atoms with Crippen molar-refractivity contribution in [2.75, 3.05) is 4.90 Å². The van der Waals surface area contributed by atoms with Gasteiger partial charge in [0.1, 0.15) is 0 Å². The molecule has 5 nitrogen and oxygen atoms in total. The molecular weight excluding hydrogens is 611 g/mol. The van der Waals surface area contributed by atoms with Crippen molar-refractivity contribution in [3.63, 3.8) is 0 Å². The topological polar surface area (TPSA) is 46.8 Å². The molecule has 1 aliphatic heterocycles. The summed E-state index contributed by atoms with van der Waals surface area (Å²) in [7, 11) is 0. The second-order valence-electron chi connectivity index (χ2n) is 12.9. The maximum atomic E-state index is 5.12. The van der Waals surface area contributed by atoms with Crippen LogP contribution in [0, 0.1) is 0 Å². The Labute approximate surface area is 290 Å². The molecule has 10 rings (SSSR count). The van der Waals surface area contributed by atoms with E-state index in [4.69, 9.17) is 15.0 Å². The van der Waals surface area contributed by atoms with Crippen LogP contribution >= 0.6 is 0 Å².